The molecule has 0 aliphatic carbocycles. The van der Waals surface area contributed by atoms with E-state index < -0.39 is 16.8 Å². The highest BCUT2D eigenvalue weighted by atomic mass is 16.7. The fourth-order valence-electron chi connectivity index (χ4n) is 2.48. The van der Waals surface area contributed by atoms with Crippen LogP contribution in [0.25, 0.3) is 6.08 Å². The Labute approximate surface area is 159 Å². The number of non-ortho nitro benzene ring substituents is 1. The molecule has 0 spiro atoms. The van der Waals surface area contributed by atoms with Gasteiger partial charge in [0.05, 0.1) is 11.5 Å². The summed E-state index contributed by atoms with van der Waals surface area (Å²) in [5, 5.41) is 13.3. The topological polar surface area (TPSA) is 117 Å². The zero-order chi connectivity index (χ0) is 20.1. The van der Waals surface area contributed by atoms with Gasteiger partial charge in [0.1, 0.15) is 5.70 Å². The van der Waals surface area contributed by atoms with Crippen LogP contribution in [0.15, 0.2) is 48.2 Å². The summed E-state index contributed by atoms with van der Waals surface area (Å²) in [5.74, 6) is -0.319. The molecular formula is C19H16N2O7. The van der Waals surface area contributed by atoms with Crippen LogP contribution in [0.2, 0.25) is 0 Å². The van der Waals surface area contributed by atoms with Crippen LogP contribution in [0, 0.1) is 10.1 Å². The highest BCUT2D eigenvalue weighted by Gasteiger charge is 2.19. The highest BCUT2D eigenvalue weighted by molar-refractivity contribution is 6.03. The van der Waals surface area contributed by atoms with Gasteiger partial charge in [-0.25, -0.2) is 4.79 Å². The number of nitro groups is 1. The van der Waals surface area contributed by atoms with Gasteiger partial charge in [-0.15, -0.1) is 0 Å². The predicted octanol–water partition coefficient (Wildman–Crippen LogP) is 2.66. The van der Waals surface area contributed by atoms with E-state index >= 15 is 0 Å². The number of hydrogen-bond acceptors (Lipinski definition) is 7. The minimum Gasteiger partial charge on any atom is -0.461 e. The Bertz CT molecular complexity index is 969. The number of amides is 1. The number of esters is 1. The third-order valence-electron chi connectivity index (χ3n) is 3.77. The quantitative estimate of drug-likeness (QED) is 0.352. The molecule has 144 valence electrons. The van der Waals surface area contributed by atoms with Crippen LogP contribution < -0.4 is 14.8 Å². The van der Waals surface area contributed by atoms with Crippen LogP contribution in [0.5, 0.6) is 11.5 Å². The Hall–Kier alpha value is -3.88. The first-order valence-electron chi connectivity index (χ1n) is 8.32. The molecule has 0 unspecified atom stereocenters. The Morgan fingerprint density at radius 1 is 1.21 bits per heavy atom. The normalized spacial score (nSPS) is 12.4. The standard InChI is InChI=1S/C19H16N2O7/c1-2-26-19(23)15(8-12-6-7-16-17(9-12)28-11-27-16)20-18(22)13-4-3-5-14(10-13)21(24)25/h3-10H,2,11H2,1H3,(H,20,22)/b15-8-. The van der Waals surface area contributed by atoms with Crippen molar-refractivity contribution in [3.63, 3.8) is 0 Å². The third kappa shape index (κ3) is 4.26. The summed E-state index contributed by atoms with van der Waals surface area (Å²) in [4.78, 5) is 35.0. The van der Waals surface area contributed by atoms with Gasteiger partial charge in [-0.2, -0.15) is 0 Å². The fourth-order valence-corrected chi connectivity index (χ4v) is 2.48. The average molecular weight is 384 g/mol. The second-order valence-electron chi connectivity index (χ2n) is 5.65. The summed E-state index contributed by atoms with van der Waals surface area (Å²) in [7, 11) is 0. The first kappa shape index (κ1) is 18.9. The van der Waals surface area contributed by atoms with Crippen molar-refractivity contribution in [1.29, 1.82) is 0 Å². The van der Waals surface area contributed by atoms with E-state index in [1.54, 1.807) is 25.1 Å². The minimum absolute atomic E-state index is 0.0371. The number of carbonyl (C=O) groups excluding carboxylic acids is 2. The van der Waals surface area contributed by atoms with Gasteiger partial charge in [0, 0.05) is 17.7 Å². The molecule has 9 heteroatoms. The van der Waals surface area contributed by atoms with Crippen molar-refractivity contribution in [2.45, 2.75) is 6.92 Å². The van der Waals surface area contributed by atoms with Crippen LogP contribution in [0.3, 0.4) is 0 Å². The van der Waals surface area contributed by atoms with Gasteiger partial charge in [-0.05, 0) is 36.8 Å². The van der Waals surface area contributed by atoms with Gasteiger partial charge in [-0.1, -0.05) is 12.1 Å². The molecule has 0 aromatic heterocycles. The van der Waals surface area contributed by atoms with E-state index in [1.165, 1.54) is 24.3 Å². The molecule has 0 saturated carbocycles. The monoisotopic (exact) mass is 384 g/mol. The predicted molar refractivity (Wildman–Crippen MR) is 97.7 cm³/mol. The van der Waals surface area contributed by atoms with Crippen molar-refractivity contribution >= 4 is 23.6 Å². The van der Waals surface area contributed by atoms with Crippen molar-refractivity contribution in [3.8, 4) is 11.5 Å². The lowest BCUT2D eigenvalue weighted by atomic mass is 10.1. The molecule has 1 aliphatic heterocycles. The molecular weight excluding hydrogens is 368 g/mol. The zero-order valence-electron chi connectivity index (χ0n) is 14.8. The molecule has 1 amide bonds. The number of nitro benzene ring substituents is 1. The van der Waals surface area contributed by atoms with Crippen LogP contribution in [-0.2, 0) is 9.53 Å². The van der Waals surface area contributed by atoms with E-state index in [9.17, 15) is 19.7 Å². The highest BCUT2D eigenvalue weighted by Crippen LogP contribution is 2.33. The molecule has 0 saturated heterocycles. The number of nitrogens with zero attached hydrogens (tertiary/aromatic N) is 1. The van der Waals surface area contributed by atoms with Crippen molar-refractivity contribution in [2.75, 3.05) is 13.4 Å². The first-order valence-corrected chi connectivity index (χ1v) is 8.32. The maximum Gasteiger partial charge on any atom is 0.354 e. The second-order valence-corrected chi connectivity index (χ2v) is 5.65. The van der Waals surface area contributed by atoms with Crippen molar-refractivity contribution in [3.05, 3.63) is 69.4 Å². The third-order valence-corrected chi connectivity index (χ3v) is 3.77. The number of fused-ring (bicyclic) bond motifs is 1. The number of ether oxygens (including phenoxy) is 3. The van der Waals surface area contributed by atoms with E-state index in [0.29, 0.717) is 17.1 Å². The molecule has 1 N–H and O–H groups in total. The lowest BCUT2D eigenvalue weighted by Crippen LogP contribution is -2.28. The molecule has 0 radical (unpaired) electrons. The van der Waals surface area contributed by atoms with E-state index in [0.717, 1.165) is 6.07 Å². The van der Waals surface area contributed by atoms with Crippen molar-refractivity contribution < 1.29 is 28.7 Å². The summed E-state index contributed by atoms with van der Waals surface area (Å²) in [5.41, 5.74) is 0.268. The smallest absolute Gasteiger partial charge is 0.354 e. The van der Waals surface area contributed by atoms with Gasteiger partial charge < -0.3 is 19.5 Å². The number of rotatable bonds is 6. The van der Waals surface area contributed by atoms with E-state index in [-0.39, 0.29) is 30.3 Å². The lowest BCUT2D eigenvalue weighted by molar-refractivity contribution is -0.384. The minimum atomic E-state index is -0.737. The maximum absolute atomic E-state index is 12.5. The van der Waals surface area contributed by atoms with Gasteiger partial charge >= 0.3 is 5.97 Å². The van der Waals surface area contributed by atoms with Gasteiger partial charge in [0.15, 0.2) is 11.5 Å². The van der Waals surface area contributed by atoms with Gasteiger partial charge in [0.2, 0.25) is 6.79 Å². The molecule has 0 atom stereocenters. The van der Waals surface area contributed by atoms with Crippen LogP contribution in [0.4, 0.5) is 5.69 Å². The summed E-state index contributed by atoms with van der Waals surface area (Å²) in [6.07, 6.45) is 1.43. The van der Waals surface area contributed by atoms with Gasteiger partial charge in [-0.3, -0.25) is 14.9 Å². The average Bonchev–Trinajstić information content (AvgIpc) is 3.15. The zero-order valence-corrected chi connectivity index (χ0v) is 14.8. The number of hydrogen-bond donors (Lipinski definition) is 1. The van der Waals surface area contributed by atoms with Crippen LogP contribution in [-0.4, -0.2) is 30.2 Å². The summed E-state index contributed by atoms with van der Waals surface area (Å²) < 4.78 is 15.5. The van der Waals surface area contributed by atoms with Gasteiger partial charge in [0.25, 0.3) is 11.6 Å². The summed E-state index contributed by atoms with van der Waals surface area (Å²) in [6.45, 7) is 1.86. The molecule has 28 heavy (non-hydrogen) atoms. The Balaban J connectivity index is 1.88. The summed E-state index contributed by atoms with van der Waals surface area (Å²) >= 11 is 0. The molecule has 2 aromatic carbocycles. The van der Waals surface area contributed by atoms with Crippen molar-refractivity contribution in [1.82, 2.24) is 5.32 Å². The van der Waals surface area contributed by atoms with E-state index in [1.807, 2.05) is 0 Å². The van der Waals surface area contributed by atoms with Crippen LogP contribution in [0.1, 0.15) is 22.8 Å². The van der Waals surface area contributed by atoms with Crippen LogP contribution >= 0.6 is 0 Å². The molecule has 9 nitrogen and oxygen atoms in total. The number of nitrogens with one attached hydrogen (secondary N) is 1. The SMILES string of the molecule is CCOC(=O)/C(=C/c1ccc2c(c1)OCO2)NC(=O)c1cccc([N+](=O)[O-])c1. The van der Waals surface area contributed by atoms with E-state index in [2.05, 4.69) is 5.32 Å². The Kier molecular flexibility index (Phi) is 5.54. The maximum atomic E-state index is 12.5. The second kappa shape index (κ2) is 8.21. The molecule has 1 aliphatic rings. The van der Waals surface area contributed by atoms with E-state index in [4.69, 9.17) is 14.2 Å². The molecule has 2 aromatic rings. The number of benzene rings is 2. The summed E-state index contributed by atoms with van der Waals surface area (Å²) in [6, 6.07) is 10.2. The fraction of sp³-hybridized carbons (Fsp3) is 0.158. The Morgan fingerprint density at radius 3 is 2.75 bits per heavy atom. The lowest BCUT2D eigenvalue weighted by Gasteiger charge is -2.10. The molecule has 3 rings (SSSR count). The largest absolute Gasteiger partial charge is 0.461 e. The Morgan fingerprint density at radius 2 is 2.00 bits per heavy atom. The van der Waals surface area contributed by atoms with Crippen molar-refractivity contribution in [2.24, 2.45) is 0 Å². The first-order chi connectivity index (χ1) is 13.5. The number of carbonyl (C=O) groups is 2. The molecule has 0 bridgehead atoms. The molecule has 1 heterocycles. The molecule has 0 fully saturated rings.